The molecule has 0 fully saturated rings. The Balaban J connectivity index is 2.23. The summed E-state index contributed by atoms with van der Waals surface area (Å²) in [7, 11) is 3.46. The zero-order chi connectivity index (χ0) is 14.5. The Hall–Kier alpha value is -1.14. The van der Waals surface area contributed by atoms with E-state index in [1.165, 1.54) is 4.90 Å². The van der Waals surface area contributed by atoms with Crippen molar-refractivity contribution in [2.75, 3.05) is 27.2 Å². The first-order valence-corrected chi connectivity index (χ1v) is 7.29. The standard InChI is InChI=1S/C13H24N4OS/c1-13(2,3)10-9-19-11(16-10)8-14-6-7-15-12(18)17(4)5/h9,14H,6-8H2,1-5H3,(H,15,18). The van der Waals surface area contributed by atoms with E-state index in [4.69, 9.17) is 0 Å². The number of urea groups is 1. The van der Waals surface area contributed by atoms with Crippen LogP contribution in [0.3, 0.4) is 0 Å². The molecule has 0 atom stereocenters. The van der Waals surface area contributed by atoms with E-state index in [1.54, 1.807) is 25.4 Å². The summed E-state index contributed by atoms with van der Waals surface area (Å²) in [5.74, 6) is 0. The van der Waals surface area contributed by atoms with Crippen molar-refractivity contribution in [1.29, 1.82) is 0 Å². The van der Waals surface area contributed by atoms with E-state index >= 15 is 0 Å². The lowest BCUT2D eigenvalue weighted by Gasteiger charge is -2.14. The van der Waals surface area contributed by atoms with Crippen molar-refractivity contribution in [3.63, 3.8) is 0 Å². The minimum Gasteiger partial charge on any atom is -0.337 e. The topological polar surface area (TPSA) is 57.3 Å². The summed E-state index contributed by atoms with van der Waals surface area (Å²) < 4.78 is 0. The molecule has 2 N–H and O–H groups in total. The molecule has 0 aliphatic rings. The highest BCUT2D eigenvalue weighted by molar-refractivity contribution is 7.09. The van der Waals surface area contributed by atoms with Crippen molar-refractivity contribution >= 4 is 17.4 Å². The number of rotatable bonds is 5. The Morgan fingerprint density at radius 1 is 1.37 bits per heavy atom. The summed E-state index contributed by atoms with van der Waals surface area (Å²) in [6, 6.07) is -0.0638. The number of aromatic nitrogens is 1. The number of hydrogen-bond donors (Lipinski definition) is 2. The maximum absolute atomic E-state index is 11.3. The van der Waals surface area contributed by atoms with Crippen LogP contribution in [0.5, 0.6) is 0 Å². The summed E-state index contributed by atoms with van der Waals surface area (Å²) in [5, 5.41) is 9.28. The van der Waals surface area contributed by atoms with Gasteiger partial charge in [-0.2, -0.15) is 0 Å². The summed E-state index contributed by atoms with van der Waals surface area (Å²) in [5.41, 5.74) is 1.24. The fraction of sp³-hybridized carbons (Fsp3) is 0.692. The molecule has 0 saturated heterocycles. The predicted molar refractivity (Wildman–Crippen MR) is 79.6 cm³/mol. The van der Waals surface area contributed by atoms with E-state index in [0.29, 0.717) is 6.54 Å². The lowest BCUT2D eigenvalue weighted by atomic mass is 9.93. The summed E-state index contributed by atoms with van der Waals surface area (Å²) in [6.45, 7) is 8.60. The number of amides is 2. The highest BCUT2D eigenvalue weighted by atomic mass is 32.1. The first-order valence-electron chi connectivity index (χ1n) is 6.41. The molecule has 0 saturated carbocycles. The van der Waals surface area contributed by atoms with Gasteiger partial charge in [-0.05, 0) is 0 Å². The third-order valence-corrected chi connectivity index (χ3v) is 3.43. The minimum absolute atomic E-state index is 0.0638. The average Bonchev–Trinajstić information content (AvgIpc) is 2.76. The Labute approximate surface area is 119 Å². The second-order valence-electron chi connectivity index (χ2n) is 5.68. The van der Waals surface area contributed by atoms with Gasteiger partial charge in [-0.3, -0.25) is 0 Å². The molecule has 1 aromatic heterocycles. The third-order valence-electron chi connectivity index (χ3n) is 2.58. The van der Waals surface area contributed by atoms with Crippen LogP contribution < -0.4 is 10.6 Å². The van der Waals surface area contributed by atoms with E-state index in [2.05, 4.69) is 41.8 Å². The van der Waals surface area contributed by atoms with Crippen LogP contribution in [0.2, 0.25) is 0 Å². The van der Waals surface area contributed by atoms with Crippen LogP contribution in [0.4, 0.5) is 4.79 Å². The largest absolute Gasteiger partial charge is 0.337 e. The number of carbonyl (C=O) groups excluding carboxylic acids is 1. The van der Waals surface area contributed by atoms with Gasteiger partial charge in [0.1, 0.15) is 5.01 Å². The Kier molecular flexibility index (Phi) is 5.75. The van der Waals surface area contributed by atoms with Gasteiger partial charge in [-0.1, -0.05) is 20.8 Å². The summed E-state index contributed by atoms with van der Waals surface area (Å²) in [6.07, 6.45) is 0. The molecule has 0 radical (unpaired) electrons. The number of nitrogens with one attached hydrogen (secondary N) is 2. The summed E-state index contributed by atoms with van der Waals surface area (Å²) >= 11 is 1.68. The van der Waals surface area contributed by atoms with Crippen LogP contribution in [-0.2, 0) is 12.0 Å². The van der Waals surface area contributed by atoms with Crippen LogP contribution in [0.1, 0.15) is 31.5 Å². The highest BCUT2D eigenvalue weighted by Gasteiger charge is 2.17. The van der Waals surface area contributed by atoms with Gasteiger partial charge in [0.2, 0.25) is 0 Å². The average molecular weight is 284 g/mol. The molecule has 1 rings (SSSR count). The minimum atomic E-state index is -0.0638. The van der Waals surface area contributed by atoms with Crippen LogP contribution in [0.15, 0.2) is 5.38 Å². The van der Waals surface area contributed by atoms with Crippen LogP contribution in [0.25, 0.3) is 0 Å². The molecule has 19 heavy (non-hydrogen) atoms. The van der Waals surface area contributed by atoms with Gasteiger partial charge in [0.15, 0.2) is 0 Å². The Morgan fingerprint density at radius 3 is 2.58 bits per heavy atom. The van der Waals surface area contributed by atoms with Crippen molar-refractivity contribution in [2.45, 2.75) is 32.7 Å². The lowest BCUT2D eigenvalue weighted by Crippen LogP contribution is -2.38. The normalized spacial score (nSPS) is 11.4. The first kappa shape index (κ1) is 15.9. The number of thiazole rings is 1. The first-order chi connectivity index (χ1) is 8.80. The molecule has 0 aliphatic heterocycles. The number of carbonyl (C=O) groups is 1. The highest BCUT2D eigenvalue weighted by Crippen LogP contribution is 2.23. The van der Waals surface area contributed by atoms with E-state index in [0.717, 1.165) is 23.8 Å². The van der Waals surface area contributed by atoms with Gasteiger partial charge < -0.3 is 15.5 Å². The smallest absolute Gasteiger partial charge is 0.316 e. The van der Waals surface area contributed by atoms with E-state index in [-0.39, 0.29) is 11.4 Å². The van der Waals surface area contributed by atoms with Gasteiger partial charge >= 0.3 is 6.03 Å². The molecule has 2 amide bonds. The quantitative estimate of drug-likeness (QED) is 0.811. The lowest BCUT2D eigenvalue weighted by molar-refractivity contribution is 0.217. The molecule has 0 bridgehead atoms. The van der Waals surface area contributed by atoms with Gasteiger partial charge in [-0.25, -0.2) is 9.78 Å². The Bertz CT molecular complexity index is 409. The zero-order valence-electron chi connectivity index (χ0n) is 12.4. The number of hydrogen-bond acceptors (Lipinski definition) is 4. The zero-order valence-corrected chi connectivity index (χ0v) is 13.2. The number of nitrogens with zero attached hydrogens (tertiary/aromatic N) is 2. The van der Waals surface area contributed by atoms with Crippen LogP contribution >= 0.6 is 11.3 Å². The fourth-order valence-corrected chi connectivity index (χ4v) is 2.34. The molecule has 0 spiro atoms. The van der Waals surface area contributed by atoms with Gasteiger partial charge in [-0.15, -0.1) is 11.3 Å². The van der Waals surface area contributed by atoms with Crippen molar-refractivity contribution in [3.8, 4) is 0 Å². The molecule has 5 nitrogen and oxygen atoms in total. The monoisotopic (exact) mass is 284 g/mol. The van der Waals surface area contributed by atoms with E-state index < -0.39 is 0 Å². The van der Waals surface area contributed by atoms with E-state index in [9.17, 15) is 4.79 Å². The second-order valence-corrected chi connectivity index (χ2v) is 6.62. The van der Waals surface area contributed by atoms with Crippen molar-refractivity contribution in [2.24, 2.45) is 0 Å². The van der Waals surface area contributed by atoms with Crippen molar-refractivity contribution in [1.82, 2.24) is 20.5 Å². The molecule has 0 aliphatic carbocycles. The van der Waals surface area contributed by atoms with Gasteiger partial charge in [0.05, 0.1) is 5.69 Å². The summed E-state index contributed by atoms with van der Waals surface area (Å²) in [4.78, 5) is 17.4. The molecule has 0 aromatic carbocycles. The van der Waals surface area contributed by atoms with Gasteiger partial charge in [0, 0.05) is 44.5 Å². The van der Waals surface area contributed by atoms with Crippen molar-refractivity contribution < 1.29 is 4.79 Å². The fourth-order valence-electron chi connectivity index (χ4n) is 1.35. The third kappa shape index (κ3) is 5.57. The van der Waals surface area contributed by atoms with Gasteiger partial charge in [0.25, 0.3) is 0 Å². The molecular weight excluding hydrogens is 260 g/mol. The molecule has 1 aromatic rings. The molecule has 0 unspecified atom stereocenters. The molecule has 108 valence electrons. The molecule has 6 heteroatoms. The second kappa shape index (κ2) is 6.86. The Morgan fingerprint density at radius 2 is 2.05 bits per heavy atom. The maximum Gasteiger partial charge on any atom is 0.316 e. The molecule has 1 heterocycles. The molecular formula is C13H24N4OS. The van der Waals surface area contributed by atoms with Crippen LogP contribution in [-0.4, -0.2) is 43.1 Å². The van der Waals surface area contributed by atoms with E-state index in [1.807, 2.05) is 0 Å². The SMILES string of the molecule is CN(C)C(=O)NCCNCc1nc(C(C)(C)C)cs1. The van der Waals surface area contributed by atoms with Crippen LogP contribution in [0, 0.1) is 0 Å². The van der Waals surface area contributed by atoms with Crippen molar-refractivity contribution in [3.05, 3.63) is 16.1 Å². The maximum atomic E-state index is 11.3. The predicted octanol–water partition coefficient (Wildman–Crippen LogP) is 1.80.